The maximum atomic E-state index is 3.99. The Labute approximate surface area is 131 Å². The molecule has 0 nitrogen and oxygen atoms in total. The van der Waals surface area contributed by atoms with E-state index in [4.69, 9.17) is 0 Å². The lowest BCUT2D eigenvalue weighted by atomic mass is 9.77. The molecule has 0 aliphatic rings. The van der Waals surface area contributed by atoms with E-state index < -0.39 is 0 Å². The molecular weight excluding hydrogens is 260 g/mol. The molecule has 0 atom stereocenters. The van der Waals surface area contributed by atoms with Gasteiger partial charge in [-0.05, 0) is 36.3 Å². The van der Waals surface area contributed by atoms with Crippen molar-refractivity contribution >= 4 is 11.8 Å². The van der Waals surface area contributed by atoms with Crippen molar-refractivity contribution in [1.29, 1.82) is 0 Å². The van der Waals surface area contributed by atoms with Gasteiger partial charge < -0.3 is 0 Å². The number of rotatable bonds is 9. The van der Waals surface area contributed by atoms with E-state index in [0.29, 0.717) is 0 Å². The summed E-state index contributed by atoms with van der Waals surface area (Å²) in [6.07, 6.45) is 11.8. The van der Waals surface area contributed by atoms with Crippen molar-refractivity contribution in [1.82, 2.24) is 0 Å². The Morgan fingerprint density at radius 3 is 1.80 bits per heavy atom. The number of hydrogen-bond donors (Lipinski definition) is 0. The van der Waals surface area contributed by atoms with Gasteiger partial charge in [0.25, 0.3) is 0 Å². The zero-order valence-electron chi connectivity index (χ0n) is 14.3. The molecule has 0 rings (SSSR count). The molecule has 0 aromatic rings. The standard InChI is InChI=1S/C19H32S/c1-9-16(19(8,12-4)13-5)14-15-17(10-2)20-18(6,7)11-3/h9-10,14-15H,1-2,11-13H2,3-8H3/b16-14+,17-15+. The molecule has 0 amide bonds. The molecular formula is C19H32S. The summed E-state index contributed by atoms with van der Waals surface area (Å²) in [5, 5.41) is 0. The summed E-state index contributed by atoms with van der Waals surface area (Å²) in [4.78, 5) is 1.23. The maximum absolute atomic E-state index is 3.99. The molecule has 0 aliphatic heterocycles. The molecule has 0 aliphatic carbocycles. The van der Waals surface area contributed by atoms with Gasteiger partial charge in [-0.25, -0.2) is 0 Å². The SMILES string of the molecule is C=C/C(=C\C=C(/C=C)C(C)(CC)CC)SC(C)(C)CC. The Morgan fingerprint density at radius 1 is 0.900 bits per heavy atom. The van der Waals surface area contributed by atoms with Crippen LogP contribution in [-0.4, -0.2) is 4.75 Å². The molecule has 0 heterocycles. The molecule has 0 unspecified atom stereocenters. The fourth-order valence-corrected chi connectivity index (χ4v) is 2.88. The second-order valence-corrected chi connectivity index (χ2v) is 7.86. The van der Waals surface area contributed by atoms with Crippen molar-refractivity contribution in [2.45, 2.75) is 65.6 Å². The van der Waals surface area contributed by atoms with Gasteiger partial charge in [0.2, 0.25) is 0 Å². The van der Waals surface area contributed by atoms with Gasteiger partial charge in [-0.2, -0.15) is 0 Å². The molecule has 0 bridgehead atoms. The predicted octanol–water partition coefficient (Wildman–Crippen LogP) is 6.92. The fourth-order valence-electron chi connectivity index (χ4n) is 1.88. The Morgan fingerprint density at radius 2 is 1.45 bits per heavy atom. The van der Waals surface area contributed by atoms with Gasteiger partial charge in [0.1, 0.15) is 0 Å². The van der Waals surface area contributed by atoms with Crippen LogP contribution in [0.25, 0.3) is 0 Å². The summed E-state index contributed by atoms with van der Waals surface area (Å²) in [5.41, 5.74) is 1.53. The summed E-state index contributed by atoms with van der Waals surface area (Å²) < 4.78 is 0.251. The van der Waals surface area contributed by atoms with Gasteiger partial charge in [-0.15, -0.1) is 11.8 Å². The van der Waals surface area contributed by atoms with Crippen LogP contribution in [0.4, 0.5) is 0 Å². The first-order valence-corrected chi connectivity index (χ1v) is 8.46. The molecule has 20 heavy (non-hydrogen) atoms. The third-order valence-corrected chi connectivity index (χ3v) is 5.73. The van der Waals surface area contributed by atoms with E-state index in [1.165, 1.54) is 10.5 Å². The largest absolute Gasteiger partial charge is 0.120 e. The van der Waals surface area contributed by atoms with E-state index >= 15 is 0 Å². The topological polar surface area (TPSA) is 0 Å². The van der Waals surface area contributed by atoms with Crippen LogP contribution in [0, 0.1) is 5.41 Å². The van der Waals surface area contributed by atoms with Gasteiger partial charge in [-0.1, -0.05) is 72.9 Å². The second-order valence-electron chi connectivity index (χ2n) is 6.08. The number of hydrogen-bond acceptors (Lipinski definition) is 1. The van der Waals surface area contributed by atoms with E-state index in [9.17, 15) is 0 Å². The summed E-state index contributed by atoms with van der Waals surface area (Å²) >= 11 is 1.89. The molecule has 1 heteroatoms. The van der Waals surface area contributed by atoms with Gasteiger partial charge in [0, 0.05) is 9.65 Å². The van der Waals surface area contributed by atoms with Crippen LogP contribution < -0.4 is 0 Å². The van der Waals surface area contributed by atoms with Gasteiger partial charge >= 0.3 is 0 Å². The lowest BCUT2D eigenvalue weighted by Crippen LogP contribution is -2.15. The first-order valence-electron chi connectivity index (χ1n) is 7.64. The minimum absolute atomic E-state index is 0.218. The summed E-state index contributed by atoms with van der Waals surface area (Å²) in [5.74, 6) is 0. The molecule has 0 fully saturated rings. The molecule has 0 N–H and O–H groups in total. The van der Waals surface area contributed by atoms with E-state index in [0.717, 1.165) is 19.3 Å². The monoisotopic (exact) mass is 292 g/mol. The minimum Gasteiger partial charge on any atom is -0.120 e. The molecule has 0 saturated carbocycles. The summed E-state index contributed by atoms with van der Waals surface area (Å²) in [6.45, 7) is 21.5. The van der Waals surface area contributed by atoms with Crippen LogP contribution in [0.3, 0.4) is 0 Å². The highest BCUT2D eigenvalue weighted by molar-refractivity contribution is 8.04. The highest BCUT2D eigenvalue weighted by Crippen LogP contribution is 2.37. The van der Waals surface area contributed by atoms with Crippen molar-refractivity contribution in [3.63, 3.8) is 0 Å². The second kappa shape index (κ2) is 8.56. The molecule has 114 valence electrons. The van der Waals surface area contributed by atoms with Crippen LogP contribution in [0.2, 0.25) is 0 Å². The van der Waals surface area contributed by atoms with Gasteiger partial charge in [0.15, 0.2) is 0 Å². The molecule has 0 saturated heterocycles. The highest BCUT2D eigenvalue weighted by atomic mass is 32.2. The molecule has 0 aromatic carbocycles. The molecule has 0 aromatic heterocycles. The number of allylic oxidation sites excluding steroid dienone is 5. The third kappa shape index (κ3) is 5.75. The van der Waals surface area contributed by atoms with Crippen molar-refractivity contribution in [3.05, 3.63) is 47.9 Å². The highest BCUT2D eigenvalue weighted by Gasteiger charge is 2.22. The van der Waals surface area contributed by atoms with Crippen LogP contribution in [0.15, 0.2) is 47.9 Å². The van der Waals surface area contributed by atoms with Crippen LogP contribution >= 0.6 is 11.8 Å². The average molecular weight is 293 g/mol. The maximum Gasteiger partial charge on any atom is 0.0148 e. The molecule has 0 radical (unpaired) electrons. The van der Waals surface area contributed by atoms with Crippen molar-refractivity contribution in [3.8, 4) is 0 Å². The van der Waals surface area contributed by atoms with Crippen LogP contribution in [-0.2, 0) is 0 Å². The van der Waals surface area contributed by atoms with Crippen LogP contribution in [0.1, 0.15) is 60.8 Å². The van der Waals surface area contributed by atoms with Crippen molar-refractivity contribution < 1.29 is 0 Å². The lowest BCUT2D eigenvalue weighted by molar-refractivity contribution is 0.377. The zero-order chi connectivity index (χ0) is 15.8. The third-order valence-electron chi connectivity index (χ3n) is 4.35. The Kier molecular flexibility index (Phi) is 8.27. The Balaban J connectivity index is 5.30. The first-order chi connectivity index (χ1) is 9.28. The Bertz CT molecular complexity index is 379. The summed E-state index contributed by atoms with van der Waals surface area (Å²) in [7, 11) is 0. The van der Waals surface area contributed by atoms with E-state index in [2.05, 4.69) is 66.9 Å². The smallest absolute Gasteiger partial charge is 0.0148 e. The van der Waals surface area contributed by atoms with E-state index in [1.807, 2.05) is 23.9 Å². The molecule has 0 spiro atoms. The van der Waals surface area contributed by atoms with Gasteiger partial charge in [-0.3, -0.25) is 0 Å². The van der Waals surface area contributed by atoms with Gasteiger partial charge in [0.05, 0.1) is 0 Å². The minimum atomic E-state index is 0.218. The zero-order valence-corrected chi connectivity index (χ0v) is 15.1. The Hall–Kier alpha value is -0.690. The first kappa shape index (κ1) is 19.3. The predicted molar refractivity (Wildman–Crippen MR) is 97.2 cm³/mol. The lowest BCUT2D eigenvalue weighted by Gasteiger charge is -2.28. The normalized spacial score (nSPS) is 14.3. The fraction of sp³-hybridized carbons (Fsp3) is 0.579. The van der Waals surface area contributed by atoms with Crippen molar-refractivity contribution in [2.24, 2.45) is 5.41 Å². The van der Waals surface area contributed by atoms with E-state index in [1.54, 1.807) is 0 Å². The van der Waals surface area contributed by atoms with Crippen molar-refractivity contribution in [2.75, 3.05) is 0 Å². The number of thioether (sulfide) groups is 1. The van der Waals surface area contributed by atoms with Crippen LogP contribution in [0.5, 0.6) is 0 Å². The quantitative estimate of drug-likeness (QED) is 0.416. The van der Waals surface area contributed by atoms with E-state index in [-0.39, 0.29) is 10.2 Å². The average Bonchev–Trinajstić information content (AvgIpc) is 2.45. The summed E-state index contributed by atoms with van der Waals surface area (Å²) in [6, 6.07) is 0.